The molecule has 4 aromatic rings. The van der Waals surface area contributed by atoms with E-state index in [1.807, 2.05) is 39.0 Å². The minimum Gasteiger partial charge on any atom is -0.465 e. The van der Waals surface area contributed by atoms with E-state index in [9.17, 15) is 27.9 Å². The number of aliphatic imine (C=N–C) groups is 1. The van der Waals surface area contributed by atoms with Crippen molar-refractivity contribution in [1.82, 2.24) is 19.7 Å². The van der Waals surface area contributed by atoms with Crippen LogP contribution in [0.5, 0.6) is 5.75 Å². The number of rotatable bonds is 10. The van der Waals surface area contributed by atoms with Gasteiger partial charge in [-0.05, 0) is 80.3 Å². The van der Waals surface area contributed by atoms with Crippen molar-refractivity contribution in [3.8, 4) is 22.8 Å². The molecule has 0 aliphatic carbocycles. The highest BCUT2D eigenvalue weighted by Crippen LogP contribution is 2.32. The van der Waals surface area contributed by atoms with Gasteiger partial charge < -0.3 is 14.7 Å². The van der Waals surface area contributed by atoms with Crippen LogP contribution in [-0.2, 0) is 4.79 Å². The van der Waals surface area contributed by atoms with Crippen LogP contribution in [0.2, 0.25) is 0 Å². The number of ether oxygens (including phenoxy) is 1. The summed E-state index contributed by atoms with van der Waals surface area (Å²) in [7, 11) is 0. The molecule has 1 atom stereocenters. The Kier molecular flexibility index (Phi) is 11.1. The number of halogens is 3. The summed E-state index contributed by atoms with van der Waals surface area (Å²) < 4.78 is 42.8. The summed E-state index contributed by atoms with van der Waals surface area (Å²) >= 11 is 6.95. The molecule has 0 bridgehead atoms. The predicted octanol–water partition coefficient (Wildman–Crippen LogP) is 7.99. The van der Waals surface area contributed by atoms with Gasteiger partial charge in [-0.25, -0.2) is 19.5 Å². The molecule has 1 aliphatic heterocycles. The molecule has 3 aromatic carbocycles. The van der Waals surface area contributed by atoms with Crippen molar-refractivity contribution in [3.05, 3.63) is 95.3 Å². The molecular weight excluding hydrogens is 690 g/mol. The number of hydrogen-bond donors (Lipinski definition) is 1. The van der Waals surface area contributed by atoms with Gasteiger partial charge >= 0.3 is 12.5 Å². The lowest BCUT2D eigenvalue weighted by molar-refractivity contribution is -0.274. The molecular formula is C35H33F3N6O4S2. The molecule has 2 heterocycles. The summed E-state index contributed by atoms with van der Waals surface area (Å²) in [6.45, 7) is 7.88. The van der Waals surface area contributed by atoms with E-state index in [-0.39, 0.29) is 35.4 Å². The molecule has 2 amide bonds. The number of alkyl halides is 3. The van der Waals surface area contributed by atoms with Crippen LogP contribution in [0.4, 0.5) is 23.7 Å². The molecule has 5 rings (SSSR count). The molecule has 0 spiro atoms. The number of hydrogen-bond acceptors (Lipinski definition) is 7. The fourth-order valence-corrected chi connectivity index (χ4v) is 6.54. The summed E-state index contributed by atoms with van der Waals surface area (Å²) in [6.07, 6.45) is -0.741. The highest BCUT2D eigenvalue weighted by molar-refractivity contribution is 8.15. The van der Waals surface area contributed by atoms with Gasteiger partial charge in [-0.2, -0.15) is 0 Å². The van der Waals surface area contributed by atoms with Gasteiger partial charge in [-0.3, -0.25) is 9.69 Å². The van der Waals surface area contributed by atoms with Crippen LogP contribution in [0.15, 0.2) is 78.1 Å². The first-order valence-electron chi connectivity index (χ1n) is 15.4. The summed E-state index contributed by atoms with van der Waals surface area (Å²) in [6, 6.07) is 15.9. The van der Waals surface area contributed by atoms with E-state index >= 15 is 0 Å². The molecule has 260 valence electrons. The van der Waals surface area contributed by atoms with E-state index in [4.69, 9.17) is 12.2 Å². The minimum absolute atomic E-state index is 0.0964. The molecule has 1 aromatic heterocycles. The topological polar surface area (TPSA) is 113 Å². The van der Waals surface area contributed by atoms with Crippen LogP contribution in [0.3, 0.4) is 0 Å². The van der Waals surface area contributed by atoms with Gasteiger partial charge in [0, 0.05) is 18.5 Å². The Bertz CT molecular complexity index is 1960. The third-order valence-corrected chi connectivity index (χ3v) is 9.07. The molecule has 1 N–H and O–H groups in total. The maximum Gasteiger partial charge on any atom is 0.573 e. The van der Waals surface area contributed by atoms with Gasteiger partial charge in [-0.15, -0.1) is 18.3 Å². The van der Waals surface area contributed by atoms with Crippen LogP contribution >= 0.6 is 24.0 Å². The Morgan fingerprint density at radius 3 is 2.48 bits per heavy atom. The molecule has 10 nitrogen and oxygen atoms in total. The number of aryl methyl sites for hydroxylation is 2. The Hall–Kier alpha value is -5.02. The number of nitrogens with zero attached hydrogens (tertiary/aromatic N) is 6. The van der Waals surface area contributed by atoms with E-state index in [0.29, 0.717) is 22.2 Å². The summed E-state index contributed by atoms with van der Waals surface area (Å²) in [5.74, 6) is 0.190. The molecule has 50 heavy (non-hydrogen) atoms. The summed E-state index contributed by atoms with van der Waals surface area (Å²) in [5.41, 5.74) is 5.78. The molecule has 0 saturated carbocycles. The first-order chi connectivity index (χ1) is 23.7. The van der Waals surface area contributed by atoms with E-state index in [2.05, 4.69) is 25.9 Å². The number of carboxylic acid groups (broad SMARTS) is 1. The zero-order valence-corrected chi connectivity index (χ0v) is 29.1. The molecule has 1 aliphatic rings. The van der Waals surface area contributed by atoms with E-state index in [1.165, 1.54) is 51.9 Å². The number of carbonyl (C=O) groups excluding carboxylic acids is 1. The second-order valence-electron chi connectivity index (χ2n) is 11.4. The van der Waals surface area contributed by atoms with Crippen LogP contribution in [0, 0.1) is 20.8 Å². The van der Waals surface area contributed by atoms with Gasteiger partial charge in [0.25, 0.3) is 0 Å². The summed E-state index contributed by atoms with van der Waals surface area (Å²) in [5, 5.41) is 14.8. The molecule has 1 saturated heterocycles. The zero-order chi connectivity index (χ0) is 36.2. The van der Waals surface area contributed by atoms with Crippen LogP contribution in [0.1, 0.15) is 35.6 Å². The quantitative estimate of drug-likeness (QED) is 0.164. The van der Waals surface area contributed by atoms with Crippen LogP contribution < -0.4 is 9.64 Å². The van der Waals surface area contributed by atoms with Gasteiger partial charge in [-0.1, -0.05) is 66.5 Å². The van der Waals surface area contributed by atoms with Crippen molar-refractivity contribution in [2.75, 3.05) is 17.2 Å². The number of likely N-dealkylation sites (N-methyl/N-ethyl adjacent to an activating group) is 1. The Morgan fingerprint density at radius 1 is 1.14 bits per heavy atom. The standard InChI is InChI=1S/C35H33F3N6O4S2/c1-5-42(34(46)47)27(18-30(49)40-33-44(31(45)19-50-33)29-17-21(2)16-22(3)23(29)4)11-8-24-6-9-25(10-7-24)32-39-20-43(41-32)26-12-14-28(15-13-26)48-35(36,37)38/h6-17,20,27H,5,18-19H2,1-4H3,(H,46,47)/b11-8+,40-33?. The number of thiocarbonyl (C=S) groups is 1. The molecule has 15 heteroatoms. The van der Waals surface area contributed by atoms with Crippen molar-refractivity contribution in [1.29, 1.82) is 0 Å². The number of carbonyl (C=O) groups is 2. The predicted molar refractivity (Wildman–Crippen MR) is 192 cm³/mol. The van der Waals surface area contributed by atoms with E-state index in [1.54, 1.807) is 36.1 Å². The average Bonchev–Trinajstić information content (AvgIpc) is 3.68. The number of thioether (sulfide) groups is 1. The minimum atomic E-state index is -4.78. The summed E-state index contributed by atoms with van der Waals surface area (Å²) in [4.78, 5) is 37.2. The lowest BCUT2D eigenvalue weighted by atomic mass is 10.0. The maximum atomic E-state index is 12.9. The Balaban J connectivity index is 1.31. The highest BCUT2D eigenvalue weighted by atomic mass is 32.2. The van der Waals surface area contributed by atoms with Gasteiger partial charge in [0.1, 0.15) is 17.1 Å². The second-order valence-corrected chi connectivity index (χ2v) is 12.8. The number of amides is 2. The Morgan fingerprint density at radius 2 is 1.84 bits per heavy atom. The van der Waals surface area contributed by atoms with Crippen molar-refractivity contribution >= 4 is 57.9 Å². The normalized spacial score (nSPS) is 14.8. The maximum absolute atomic E-state index is 12.9. The van der Waals surface area contributed by atoms with E-state index < -0.39 is 18.5 Å². The number of anilines is 1. The molecule has 0 radical (unpaired) electrons. The fourth-order valence-electron chi connectivity index (χ4n) is 5.34. The van der Waals surface area contributed by atoms with E-state index in [0.717, 1.165) is 27.9 Å². The number of aromatic nitrogens is 3. The second kappa shape index (κ2) is 15.3. The van der Waals surface area contributed by atoms with Crippen molar-refractivity contribution in [3.63, 3.8) is 0 Å². The van der Waals surface area contributed by atoms with Gasteiger partial charge in [0.15, 0.2) is 11.0 Å². The first-order valence-corrected chi connectivity index (χ1v) is 16.8. The largest absolute Gasteiger partial charge is 0.573 e. The third-order valence-electron chi connectivity index (χ3n) is 7.89. The Labute approximate surface area is 296 Å². The highest BCUT2D eigenvalue weighted by Gasteiger charge is 2.32. The lowest BCUT2D eigenvalue weighted by Crippen LogP contribution is -2.39. The molecule has 1 fully saturated rings. The fraction of sp³-hybridized carbons (Fsp3) is 0.257. The van der Waals surface area contributed by atoms with Crippen molar-refractivity contribution in [2.45, 2.75) is 46.5 Å². The smallest absolute Gasteiger partial charge is 0.465 e. The van der Waals surface area contributed by atoms with Gasteiger partial charge in [0.2, 0.25) is 5.91 Å². The van der Waals surface area contributed by atoms with Crippen molar-refractivity contribution < 1.29 is 32.6 Å². The number of amidine groups is 1. The SMILES string of the molecule is CCN(C(=O)O)C(/C=C/c1ccc(-c2ncn(-c3ccc(OC(F)(F)F)cc3)n2)cc1)CC(=S)N=C1SCC(=O)N1c1cc(C)cc(C)c1C. The van der Waals surface area contributed by atoms with Crippen LogP contribution in [0.25, 0.3) is 23.2 Å². The zero-order valence-electron chi connectivity index (χ0n) is 27.5. The average molecular weight is 723 g/mol. The van der Waals surface area contributed by atoms with Crippen molar-refractivity contribution in [2.24, 2.45) is 4.99 Å². The van der Waals surface area contributed by atoms with Gasteiger partial charge in [0.05, 0.1) is 23.2 Å². The van der Waals surface area contributed by atoms with Crippen LogP contribution in [-0.4, -0.2) is 71.6 Å². The first kappa shape index (κ1) is 36.3. The number of benzene rings is 3. The third kappa shape index (κ3) is 8.76. The molecule has 1 unspecified atom stereocenters. The monoisotopic (exact) mass is 722 g/mol. The lowest BCUT2D eigenvalue weighted by Gasteiger charge is -2.26.